The highest BCUT2D eigenvalue weighted by molar-refractivity contribution is 8.01. The van der Waals surface area contributed by atoms with Crippen molar-refractivity contribution in [3.8, 4) is 0 Å². The topological polar surface area (TPSA) is 80.0 Å². The second kappa shape index (κ2) is 7.67. The number of benzene rings is 1. The van der Waals surface area contributed by atoms with E-state index in [-0.39, 0.29) is 6.03 Å². The highest BCUT2D eigenvalue weighted by Gasteiger charge is 2.09. The molecule has 6 nitrogen and oxygen atoms in total. The van der Waals surface area contributed by atoms with Gasteiger partial charge in [-0.15, -0.1) is 10.2 Å². The molecule has 0 aliphatic heterocycles. The minimum atomic E-state index is -0.228. The first-order valence-corrected chi connectivity index (χ1v) is 9.39. The first-order valence-electron chi connectivity index (χ1n) is 7.59. The van der Waals surface area contributed by atoms with Crippen molar-refractivity contribution >= 4 is 45.8 Å². The summed E-state index contributed by atoms with van der Waals surface area (Å²) in [7, 11) is 0. The van der Waals surface area contributed by atoms with Crippen molar-refractivity contribution in [1.82, 2.24) is 15.5 Å². The Labute approximate surface area is 148 Å². The average molecular weight is 362 g/mol. The predicted molar refractivity (Wildman–Crippen MR) is 98.0 cm³/mol. The van der Waals surface area contributed by atoms with Gasteiger partial charge >= 0.3 is 6.03 Å². The fraction of sp³-hybridized carbons (Fsp3) is 0.312. The van der Waals surface area contributed by atoms with Crippen molar-refractivity contribution in [3.05, 3.63) is 35.0 Å². The van der Waals surface area contributed by atoms with Crippen LogP contribution in [0.15, 0.2) is 33.0 Å². The van der Waals surface area contributed by atoms with E-state index in [1.54, 1.807) is 23.1 Å². The van der Waals surface area contributed by atoms with Gasteiger partial charge in [-0.2, -0.15) is 0 Å². The van der Waals surface area contributed by atoms with Crippen LogP contribution < -0.4 is 10.6 Å². The van der Waals surface area contributed by atoms with Gasteiger partial charge in [0.15, 0.2) is 9.92 Å². The molecule has 3 aromatic rings. The van der Waals surface area contributed by atoms with E-state index in [1.807, 2.05) is 38.1 Å². The molecule has 126 valence electrons. The number of rotatable bonds is 6. The lowest BCUT2D eigenvalue weighted by atomic mass is 10.2. The maximum atomic E-state index is 12.0. The Morgan fingerprint density at radius 1 is 1.33 bits per heavy atom. The minimum absolute atomic E-state index is 0.228. The number of thioether (sulfide) groups is 1. The monoisotopic (exact) mass is 362 g/mol. The molecule has 0 aliphatic rings. The molecule has 0 bridgehead atoms. The maximum Gasteiger partial charge on any atom is 0.319 e. The molecule has 3 rings (SSSR count). The van der Waals surface area contributed by atoms with Gasteiger partial charge in [-0.3, -0.25) is 0 Å². The molecule has 1 aromatic carbocycles. The Hall–Kier alpha value is -2.06. The Balaban J connectivity index is 1.43. The van der Waals surface area contributed by atoms with Crippen LogP contribution in [0.2, 0.25) is 0 Å². The molecular weight excluding hydrogens is 344 g/mol. The van der Waals surface area contributed by atoms with Crippen molar-refractivity contribution in [2.75, 3.05) is 17.6 Å². The molecule has 2 N–H and O–H groups in total. The summed E-state index contributed by atoms with van der Waals surface area (Å²) in [6.07, 6.45) is 0.862. The normalized spacial score (nSPS) is 10.9. The first kappa shape index (κ1) is 16.8. The van der Waals surface area contributed by atoms with E-state index >= 15 is 0 Å². The van der Waals surface area contributed by atoms with Crippen molar-refractivity contribution in [1.29, 1.82) is 0 Å². The smallest absolute Gasteiger partial charge is 0.319 e. The summed E-state index contributed by atoms with van der Waals surface area (Å²) >= 11 is 3.25. The summed E-state index contributed by atoms with van der Waals surface area (Å²) in [5, 5.41) is 15.7. The van der Waals surface area contributed by atoms with Crippen molar-refractivity contribution < 1.29 is 9.21 Å². The Kier molecular flexibility index (Phi) is 5.37. The lowest BCUT2D eigenvalue weighted by Crippen LogP contribution is -2.29. The maximum absolute atomic E-state index is 12.0. The molecular formula is C16H18N4O2S2. The molecule has 0 aliphatic carbocycles. The van der Waals surface area contributed by atoms with Crippen molar-refractivity contribution in [2.24, 2.45) is 0 Å². The summed E-state index contributed by atoms with van der Waals surface area (Å²) in [6.45, 7) is 4.43. The molecule has 0 fully saturated rings. The number of aryl methyl sites for hydroxylation is 2. The Morgan fingerprint density at radius 3 is 3.00 bits per heavy atom. The molecule has 8 heteroatoms. The second-order valence-corrected chi connectivity index (χ2v) is 7.77. The van der Waals surface area contributed by atoms with E-state index in [4.69, 9.17) is 4.42 Å². The Bertz CT molecular complexity index is 844. The van der Waals surface area contributed by atoms with Gasteiger partial charge in [-0.1, -0.05) is 35.2 Å². The van der Waals surface area contributed by atoms with Gasteiger partial charge in [0.25, 0.3) is 0 Å². The van der Waals surface area contributed by atoms with E-state index < -0.39 is 0 Å². The van der Waals surface area contributed by atoms with Gasteiger partial charge in [0.1, 0.15) is 10.8 Å². The fourth-order valence-electron chi connectivity index (χ4n) is 2.23. The van der Waals surface area contributed by atoms with Crippen LogP contribution in [0.3, 0.4) is 0 Å². The van der Waals surface area contributed by atoms with E-state index in [0.717, 1.165) is 32.7 Å². The number of nitrogens with zero attached hydrogens (tertiary/aromatic N) is 2. The molecule has 2 amide bonds. The second-order valence-electron chi connectivity index (χ2n) is 5.25. The van der Waals surface area contributed by atoms with Crippen molar-refractivity contribution in [3.63, 3.8) is 0 Å². The molecule has 24 heavy (non-hydrogen) atoms. The number of carbonyl (C=O) groups is 1. The third-order valence-corrected chi connectivity index (χ3v) is 5.31. The molecule has 0 spiro atoms. The molecule has 0 saturated carbocycles. The number of hydrogen-bond donors (Lipinski definition) is 2. The van der Waals surface area contributed by atoms with Gasteiger partial charge in [-0.05, 0) is 32.4 Å². The van der Waals surface area contributed by atoms with Crippen LogP contribution in [0.4, 0.5) is 10.5 Å². The zero-order chi connectivity index (χ0) is 16.9. The van der Waals surface area contributed by atoms with Crippen LogP contribution in [0.25, 0.3) is 11.0 Å². The summed E-state index contributed by atoms with van der Waals surface area (Å²) in [5.74, 6) is 1.71. The molecule has 2 aromatic heterocycles. The number of anilines is 1. The quantitative estimate of drug-likeness (QED) is 0.507. The first-order chi connectivity index (χ1) is 11.6. The van der Waals surface area contributed by atoms with Gasteiger partial charge < -0.3 is 15.1 Å². The van der Waals surface area contributed by atoms with Crippen LogP contribution in [-0.2, 0) is 0 Å². The van der Waals surface area contributed by atoms with E-state index in [2.05, 4.69) is 20.8 Å². The molecule has 2 heterocycles. The summed E-state index contributed by atoms with van der Waals surface area (Å²) < 4.78 is 6.61. The number of para-hydroxylation sites is 1. The lowest BCUT2D eigenvalue weighted by Gasteiger charge is -2.07. The van der Waals surface area contributed by atoms with Gasteiger partial charge in [0.05, 0.1) is 5.69 Å². The van der Waals surface area contributed by atoms with Crippen LogP contribution >= 0.6 is 23.1 Å². The molecule has 0 unspecified atom stereocenters. The zero-order valence-electron chi connectivity index (χ0n) is 13.5. The summed E-state index contributed by atoms with van der Waals surface area (Å²) in [6, 6.07) is 7.41. The number of furan rings is 1. The largest absolute Gasteiger partial charge is 0.459 e. The van der Waals surface area contributed by atoms with Gasteiger partial charge in [-0.25, -0.2) is 4.79 Å². The number of carbonyl (C=O) groups excluding carboxylic acids is 1. The number of urea groups is 1. The number of amides is 2. The summed E-state index contributed by atoms with van der Waals surface area (Å²) in [4.78, 5) is 12.0. The molecule has 0 atom stereocenters. The minimum Gasteiger partial charge on any atom is -0.459 e. The number of aromatic nitrogens is 2. The van der Waals surface area contributed by atoms with E-state index in [0.29, 0.717) is 17.8 Å². The zero-order valence-corrected chi connectivity index (χ0v) is 15.1. The number of fused-ring (bicyclic) bond motifs is 1. The molecule has 0 saturated heterocycles. The SMILES string of the molecule is Cc1cc2cccc(NC(=O)NCCCSc3nnc(C)s3)c2o1. The number of hydrogen-bond acceptors (Lipinski definition) is 6. The number of nitrogens with one attached hydrogen (secondary N) is 2. The Morgan fingerprint density at radius 2 is 2.21 bits per heavy atom. The van der Waals surface area contributed by atoms with E-state index in [1.165, 1.54) is 0 Å². The third-order valence-electron chi connectivity index (χ3n) is 3.26. The van der Waals surface area contributed by atoms with Gasteiger partial charge in [0.2, 0.25) is 0 Å². The van der Waals surface area contributed by atoms with Gasteiger partial charge in [0, 0.05) is 17.7 Å². The molecule has 0 radical (unpaired) electrons. The van der Waals surface area contributed by atoms with Crippen LogP contribution in [0.1, 0.15) is 17.2 Å². The fourth-order valence-corrected chi connectivity index (χ4v) is 4.05. The van der Waals surface area contributed by atoms with Crippen LogP contribution in [0, 0.1) is 13.8 Å². The average Bonchev–Trinajstić information content (AvgIpc) is 3.12. The highest BCUT2D eigenvalue weighted by atomic mass is 32.2. The summed E-state index contributed by atoms with van der Waals surface area (Å²) in [5.41, 5.74) is 1.38. The lowest BCUT2D eigenvalue weighted by molar-refractivity contribution is 0.252. The van der Waals surface area contributed by atoms with E-state index in [9.17, 15) is 4.79 Å². The predicted octanol–water partition coefficient (Wildman–Crippen LogP) is 4.21. The van der Waals surface area contributed by atoms with Crippen LogP contribution in [-0.4, -0.2) is 28.5 Å². The highest BCUT2D eigenvalue weighted by Crippen LogP contribution is 2.26. The third kappa shape index (κ3) is 4.27. The van der Waals surface area contributed by atoms with Crippen molar-refractivity contribution in [2.45, 2.75) is 24.6 Å². The standard InChI is InChI=1S/C16H18N4O2S2/c1-10-9-12-5-3-6-13(14(12)22-10)18-15(21)17-7-4-8-23-16-20-19-11(2)24-16/h3,5-6,9H,4,7-8H2,1-2H3,(H2,17,18,21). The van der Waals surface area contributed by atoms with Crippen LogP contribution in [0.5, 0.6) is 0 Å².